The molecule has 0 aliphatic heterocycles. The Hall–Kier alpha value is -1.19. The Labute approximate surface area is 118 Å². The van der Waals surface area contributed by atoms with E-state index in [1.807, 2.05) is 0 Å². The lowest BCUT2D eigenvalue weighted by Gasteiger charge is -2.38. The van der Waals surface area contributed by atoms with Crippen molar-refractivity contribution >= 4 is 5.69 Å². The van der Waals surface area contributed by atoms with Crippen molar-refractivity contribution in [3.63, 3.8) is 0 Å². The molecule has 0 amide bonds. The SMILES string of the molecule is CC1CCC(C(C)C)C(Nc2c(F)cc(F)cc2F)C1. The van der Waals surface area contributed by atoms with Crippen LogP contribution in [0.4, 0.5) is 18.9 Å². The molecule has 0 saturated heterocycles. The van der Waals surface area contributed by atoms with Gasteiger partial charge in [0, 0.05) is 18.2 Å². The third-order valence-electron chi connectivity index (χ3n) is 4.36. The van der Waals surface area contributed by atoms with Crippen LogP contribution in [0, 0.1) is 35.2 Å². The third-order valence-corrected chi connectivity index (χ3v) is 4.36. The standard InChI is InChI=1S/C16H22F3N/c1-9(2)12-5-4-10(3)6-15(12)20-16-13(18)7-11(17)8-14(16)19/h7-10,12,15,20H,4-6H2,1-3H3. The summed E-state index contributed by atoms with van der Waals surface area (Å²) in [6.45, 7) is 6.42. The quantitative estimate of drug-likeness (QED) is 0.826. The maximum atomic E-state index is 13.7. The molecule has 1 saturated carbocycles. The van der Waals surface area contributed by atoms with Crippen LogP contribution >= 0.6 is 0 Å². The van der Waals surface area contributed by atoms with Crippen LogP contribution in [0.3, 0.4) is 0 Å². The van der Waals surface area contributed by atoms with Crippen LogP contribution < -0.4 is 5.32 Å². The third kappa shape index (κ3) is 3.28. The van der Waals surface area contributed by atoms with Gasteiger partial charge >= 0.3 is 0 Å². The zero-order valence-electron chi connectivity index (χ0n) is 12.2. The second kappa shape index (κ2) is 6.06. The molecule has 1 fully saturated rings. The highest BCUT2D eigenvalue weighted by Gasteiger charge is 2.31. The van der Waals surface area contributed by atoms with Crippen molar-refractivity contribution in [1.82, 2.24) is 0 Å². The summed E-state index contributed by atoms with van der Waals surface area (Å²) in [6.07, 6.45) is 3.09. The van der Waals surface area contributed by atoms with Crippen molar-refractivity contribution in [2.75, 3.05) is 5.32 Å². The Morgan fingerprint density at radius 3 is 2.25 bits per heavy atom. The second-order valence-corrected chi connectivity index (χ2v) is 6.32. The number of hydrogen-bond acceptors (Lipinski definition) is 1. The smallest absolute Gasteiger partial charge is 0.152 e. The molecule has 2 rings (SSSR count). The summed E-state index contributed by atoms with van der Waals surface area (Å²) in [4.78, 5) is 0. The Bertz CT molecular complexity index is 450. The van der Waals surface area contributed by atoms with Crippen molar-refractivity contribution in [3.05, 3.63) is 29.6 Å². The predicted octanol–water partition coefficient (Wildman–Crippen LogP) is 4.98. The van der Waals surface area contributed by atoms with Crippen LogP contribution in [0.1, 0.15) is 40.0 Å². The number of benzene rings is 1. The highest BCUT2D eigenvalue weighted by atomic mass is 19.1. The lowest BCUT2D eigenvalue weighted by Crippen LogP contribution is -2.38. The number of hydrogen-bond donors (Lipinski definition) is 1. The van der Waals surface area contributed by atoms with Gasteiger partial charge in [0.05, 0.1) is 0 Å². The van der Waals surface area contributed by atoms with Gasteiger partial charge in [-0.25, -0.2) is 13.2 Å². The monoisotopic (exact) mass is 285 g/mol. The number of halogens is 3. The van der Waals surface area contributed by atoms with Crippen LogP contribution in [0.15, 0.2) is 12.1 Å². The Morgan fingerprint density at radius 1 is 1.10 bits per heavy atom. The van der Waals surface area contributed by atoms with Crippen LogP contribution in [-0.2, 0) is 0 Å². The van der Waals surface area contributed by atoms with E-state index in [2.05, 4.69) is 26.1 Å². The molecule has 1 nitrogen and oxygen atoms in total. The molecule has 0 radical (unpaired) electrons. The molecule has 4 heteroatoms. The first-order valence-electron chi connectivity index (χ1n) is 7.29. The minimum Gasteiger partial charge on any atom is -0.377 e. The summed E-state index contributed by atoms with van der Waals surface area (Å²) >= 11 is 0. The lowest BCUT2D eigenvalue weighted by atomic mass is 9.74. The molecule has 3 unspecified atom stereocenters. The van der Waals surface area contributed by atoms with E-state index < -0.39 is 17.5 Å². The van der Waals surface area contributed by atoms with E-state index in [9.17, 15) is 13.2 Å². The minimum atomic E-state index is -0.886. The van der Waals surface area contributed by atoms with E-state index in [1.165, 1.54) is 0 Å². The molecule has 1 aromatic carbocycles. The fourth-order valence-corrected chi connectivity index (χ4v) is 3.23. The van der Waals surface area contributed by atoms with Gasteiger partial charge in [-0.3, -0.25) is 0 Å². The predicted molar refractivity (Wildman–Crippen MR) is 75.1 cm³/mol. The summed E-state index contributed by atoms with van der Waals surface area (Å²) in [5.41, 5.74) is -0.198. The van der Waals surface area contributed by atoms with E-state index in [-0.39, 0.29) is 11.7 Å². The topological polar surface area (TPSA) is 12.0 Å². The van der Waals surface area contributed by atoms with Gasteiger partial charge in [-0.2, -0.15) is 0 Å². The Balaban J connectivity index is 2.22. The van der Waals surface area contributed by atoms with Crippen molar-refractivity contribution < 1.29 is 13.2 Å². The van der Waals surface area contributed by atoms with Crippen LogP contribution in [0.5, 0.6) is 0 Å². The summed E-state index contributed by atoms with van der Waals surface area (Å²) in [5.74, 6) is -1.23. The molecular formula is C16H22F3N. The summed E-state index contributed by atoms with van der Waals surface area (Å²) < 4.78 is 40.4. The molecule has 112 valence electrons. The largest absolute Gasteiger partial charge is 0.377 e. The van der Waals surface area contributed by atoms with E-state index in [1.54, 1.807) is 0 Å². The maximum Gasteiger partial charge on any atom is 0.152 e. The van der Waals surface area contributed by atoms with Gasteiger partial charge in [0.1, 0.15) is 11.5 Å². The highest BCUT2D eigenvalue weighted by molar-refractivity contribution is 5.47. The second-order valence-electron chi connectivity index (χ2n) is 6.32. The van der Waals surface area contributed by atoms with Crippen molar-refractivity contribution in [2.24, 2.45) is 17.8 Å². The Kier molecular flexibility index (Phi) is 4.61. The fraction of sp³-hybridized carbons (Fsp3) is 0.625. The van der Waals surface area contributed by atoms with E-state index >= 15 is 0 Å². The maximum absolute atomic E-state index is 13.7. The molecule has 1 aliphatic carbocycles. The minimum absolute atomic E-state index is 0.0354. The zero-order chi connectivity index (χ0) is 14.9. The Morgan fingerprint density at radius 2 is 1.70 bits per heavy atom. The van der Waals surface area contributed by atoms with Gasteiger partial charge in [0.25, 0.3) is 0 Å². The summed E-state index contributed by atoms with van der Waals surface area (Å²) in [5, 5.41) is 2.99. The van der Waals surface area contributed by atoms with Crippen molar-refractivity contribution in [1.29, 1.82) is 0 Å². The van der Waals surface area contributed by atoms with Crippen molar-refractivity contribution in [3.8, 4) is 0 Å². The van der Waals surface area contributed by atoms with Crippen LogP contribution in [0.25, 0.3) is 0 Å². The number of nitrogens with one attached hydrogen (secondary N) is 1. The average molecular weight is 285 g/mol. The van der Waals surface area contributed by atoms with E-state index in [4.69, 9.17) is 0 Å². The van der Waals surface area contributed by atoms with Crippen LogP contribution in [-0.4, -0.2) is 6.04 Å². The highest BCUT2D eigenvalue weighted by Crippen LogP contribution is 2.36. The number of rotatable bonds is 3. The molecule has 0 bridgehead atoms. The average Bonchev–Trinajstić information content (AvgIpc) is 2.33. The molecule has 3 atom stereocenters. The van der Waals surface area contributed by atoms with Gasteiger partial charge in [-0.15, -0.1) is 0 Å². The molecular weight excluding hydrogens is 263 g/mol. The molecule has 1 aliphatic rings. The molecule has 1 aromatic rings. The zero-order valence-corrected chi connectivity index (χ0v) is 12.2. The van der Waals surface area contributed by atoms with Gasteiger partial charge in [-0.1, -0.05) is 27.2 Å². The van der Waals surface area contributed by atoms with Gasteiger partial charge in [0.15, 0.2) is 11.6 Å². The lowest BCUT2D eigenvalue weighted by molar-refractivity contribution is 0.211. The van der Waals surface area contributed by atoms with Crippen LogP contribution in [0.2, 0.25) is 0 Å². The number of anilines is 1. The van der Waals surface area contributed by atoms with Gasteiger partial charge < -0.3 is 5.32 Å². The molecule has 0 heterocycles. The summed E-state index contributed by atoms with van der Waals surface area (Å²) in [7, 11) is 0. The first-order valence-corrected chi connectivity index (χ1v) is 7.29. The molecule has 0 aromatic heterocycles. The van der Waals surface area contributed by atoms with E-state index in [0.29, 0.717) is 17.8 Å². The molecule has 0 spiro atoms. The first-order chi connectivity index (χ1) is 9.38. The van der Waals surface area contributed by atoms with E-state index in [0.717, 1.165) is 31.4 Å². The normalized spacial score (nSPS) is 26.9. The van der Waals surface area contributed by atoms with Gasteiger partial charge in [-0.05, 0) is 30.6 Å². The van der Waals surface area contributed by atoms with Crippen molar-refractivity contribution in [2.45, 2.75) is 46.1 Å². The first kappa shape index (κ1) is 15.2. The molecule has 20 heavy (non-hydrogen) atoms. The van der Waals surface area contributed by atoms with Gasteiger partial charge in [0.2, 0.25) is 0 Å². The fourth-order valence-electron chi connectivity index (χ4n) is 3.23. The summed E-state index contributed by atoms with van der Waals surface area (Å²) in [6, 6.07) is 1.48. The molecule has 1 N–H and O–H groups in total.